The Balaban J connectivity index is 1.85. The number of benzene rings is 1. The molecule has 0 spiro atoms. The highest BCUT2D eigenvalue weighted by Gasteiger charge is 2.16. The molecule has 0 atom stereocenters. The van der Waals surface area contributed by atoms with Gasteiger partial charge in [-0.2, -0.15) is 0 Å². The third-order valence-corrected chi connectivity index (χ3v) is 3.81. The molecule has 0 unspecified atom stereocenters. The molecule has 2 amide bonds. The quantitative estimate of drug-likeness (QED) is 0.624. The van der Waals surface area contributed by atoms with Crippen LogP contribution in [0.25, 0.3) is 6.08 Å². The molecule has 0 radical (unpaired) electrons. The van der Waals surface area contributed by atoms with Crippen LogP contribution in [0.5, 0.6) is 0 Å². The van der Waals surface area contributed by atoms with E-state index in [1.807, 2.05) is 6.07 Å². The summed E-state index contributed by atoms with van der Waals surface area (Å²) in [6.45, 7) is 0. The smallest absolute Gasteiger partial charge is 0.291 e. The number of nitrogens with zero attached hydrogens (tertiary/aromatic N) is 1. The summed E-state index contributed by atoms with van der Waals surface area (Å²) in [5, 5.41) is 5.33. The molecule has 0 aliphatic rings. The zero-order valence-electron chi connectivity index (χ0n) is 13.5. The second-order valence-corrected chi connectivity index (χ2v) is 6.16. The number of halogens is 1. The number of anilines is 1. The Hall–Kier alpha value is -3.19. The minimum Gasteiger partial charge on any atom is -0.459 e. The standard InChI is InChI=1S/C19H14BrN3O3/c20-14-5-1-6-15(11-14)22-18(24)16(10-13-4-2-8-21-12-13)23-19(25)17-7-3-9-26-17/h1-12H,(H,22,24)(H,23,25)/b16-10-. The van der Waals surface area contributed by atoms with Gasteiger partial charge in [-0.25, -0.2) is 0 Å². The van der Waals surface area contributed by atoms with E-state index in [1.165, 1.54) is 12.3 Å². The van der Waals surface area contributed by atoms with Gasteiger partial charge in [-0.15, -0.1) is 0 Å². The fourth-order valence-corrected chi connectivity index (χ4v) is 2.54. The van der Waals surface area contributed by atoms with Gasteiger partial charge in [0.05, 0.1) is 6.26 Å². The molecule has 2 aromatic heterocycles. The Morgan fingerprint density at radius 2 is 2.00 bits per heavy atom. The van der Waals surface area contributed by atoms with Crippen molar-refractivity contribution in [3.05, 3.63) is 88.7 Å². The van der Waals surface area contributed by atoms with Crippen LogP contribution in [-0.4, -0.2) is 16.8 Å². The summed E-state index contributed by atoms with van der Waals surface area (Å²) in [6, 6.07) is 13.8. The molecule has 3 rings (SSSR count). The summed E-state index contributed by atoms with van der Waals surface area (Å²) in [5.74, 6) is -0.876. The summed E-state index contributed by atoms with van der Waals surface area (Å²) < 4.78 is 5.90. The van der Waals surface area contributed by atoms with Gasteiger partial charge < -0.3 is 15.1 Å². The third kappa shape index (κ3) is 4.67. The van der Waals surface area contributed by atoms with Crippen molar-refractivity contribution in [1.29, 1.82) is 0 Å². The van der Waals surface area contributed by atoms with E-state index >= 15 is 0 Å². The summed E-state index contributed by atoms with van der Waals surface area (Å²) in [7, 11) is 0. The summed E-state index contributed by atoms with van der Waals surface area (Å²) in [4.78, 5) is 28.9. The number of aromatic nitrogens is 1. The lowest BCUT2D eigenvalue weighted by Crippen LogP contribution is -2.30. The van der Waals surface area contributed by atoms with E-state index in [9.17, 15) is 9.59 Å². The normalized spacial score (nSPS) is 11.0. The predicted molar refractivity (Wildman–Crippen MR) is 101 cm³/mol. The van der Waals surface area contributed by atoms with Gasteiger partial charge in [0.25, 0.3) is 11.8 Å². The second kappa shape index (κ2) is 8.26. The van der Waals surface area contributed by atoms with Gasteiger partial charge in [0.15, 0.2) is 5.76 Å². The fraction of sp³-hybridized carbons (Fsp3) is 0. The highest BCUT2D eigenvalue weighted by Crippen LogP contribution is 2.16. The maximum absolute atomic E-state index is 12.7. The first-order valence-electron chi connectivity index (χ1n) is 7.65. The van der Waals surface area contributed by atoms with Crippen LogP contribution in [0.3, 0.4) is 0 Å². The van der Waals surface area contributed by atoms with Gasteiger partial charge in [0.1, 0.15) is 5.70 Å². The number of rotatable bonds is 5. The number of amides is 2. The van der Waals surface area contributed by atoms with Crippen molar-refractivity contribution >= 4 is 39.5 Å². The van der Waals surface area contributed by atoms with Crippen LogP contribution in [0.1, 0.15) is 16.1 Å². The molecule has 0 fully saturated rings. The fourth-order valence-electron chi connectivity index (χ4n) is 2.14. The molecule has 0 aliphatic heterocycles. The predicted octanol–water partition coefficient (Wildman–Crippen LogP) is 3.85. The Morgan fingerprint density at radius 3 is 2.69 bits per heavy atom. The van der Waals surface area contributed by atoms with Gasteiger partial charge in [-0.3, -0.25) is 14.6 Å². The second-order valence-electron chi connectivity index (χ2n) is 5.24. The first kappa shape index (κ1) is 17.6. The van der Waals surface area contributed by atoms with Gasteiger partial charge >= 0.3 is 0 Å². The average molecular weight is 412 g/mol. The Labute approximate surface area is 158 Å². The summed E-state index contributed by atoms with van der Waals surface area (Å²) >= 11 is 3.35. The van der Waals surface area contributed by atoms with Gasteiger partial charge in [0.2, 0.25) is 0 Å². The topological polar surface area (TPSA) is 84.2 Å². The number of hydrogen-bond acceptors (Lipinski definition) is 4. The van der Waals surface area contributed by atoms with Crippen LogP contribution in [0.4, 0.5) is 5.69 Å². The molecular weight excluding hydrogens is 398 g/mol. The third-order valence-electron chi connectivity index (χ3n) is 3.32. The van der Waals surface area contributed by atoms with Crippen LogP contribution in [-0.2, 0) is 4.79 Å². The maximum atomic E-state index is 12.7. The molecule has 2 heterocycles. The van der Waals surface area contributed by atoms with E-state index < -0.39 is 11.8 Å². The first-order valence-corrected chi connectivity index (χ1v) is 8.44. The zero-order valence-corrected chi connectivity index (χ0v) is 15.1. The maximum Gasteiger partial charge on any atom is 0.291 e. The lowest BCUT2D eigenvalue weighted by molar-refractivity contribution is -0.113. The lowest BCUT2D eigenvalue weighted by atomic mass is 10.2. The van der Waals surface area contributed by atoms with E-state index in [1.54, 1.807) is 54.9 Å². The van der Waals surface area contributed by atoms with Crippen LogP contribution >= 0.6 is 15.9 Å². The largest absolute Gasteiger partial charge is 0.459 e. The van der Waals surface area contributed by atoms with Crippen molar-refractivity contribution in [3.8, 4) is 0 Å². The van der Waals surface area contributed by atoms with Crippen molar-refractivity contribution in [3.63, 3.8) is 0 Å². The van der Waals surface area contributed by atoms with Gasteiger partial charge in [-0.1, -0.05) is 28.1 Å². The number of furan rings is 1. The van der Waals surface area contributed by atoms with E-state index in [-0.39, 0.29) is 11.5 Å². The SMILES string of the molecule is O=C(Nc1cccc(Br)c1)/C(=C/c1cccnc1)NC(=O)c1ccco1. The number of carbonyl (C=O) groups excluding carboxylic acids is 2. The molecule has 26 heavy (non-hydrogen) atoms. The molecule has 0 bridgehead atoms. The Bertz CT molecular complexity index is 938. The zero-order chi connectivity index (χ0) is 18.4. The minimum atomic E-state index is -0.519. The van der Waals surface area contributed by atoms with Crippen molar-refractivity contribution in [2.75, 3.05) is 5.32 Å². The molecular formula is C19H14BrN3O3. The highest BCUT2D eigenvalue weighted by molar-refractivity contribution is 9.10. The number of pyridine rings is 1. The van der Waals surface area contributed by atoms with Crippen molar-refractivity contribution in [2.24, 2.45) is 0 Å². The molecule has 2 N–H and O–H groups in total. The van der Waals surface area contributed by atoms with E-state index in [0.717, 1.165) is 4.47 Å². The molecule has 130 valence electrons. The van der Waals surface area contributed by atoms with E-state index in [2.05, 4.69) is 31.5 Å². The molecule has 3 aromatic rings. The van der Waals surface area contributed by atoms with Gasteiger partial charge in [-0.05, 0) is 48.0 Å². The molecule has 0 saturated heterocycles. The van der Waals surface area contributed by atoms with E-state index in [4.69, 9.17) is 4.42 Å². The van der Waals surface area contributed by atoms with Crippen LogP contribution in [0.15, 0.2) is 81.8 Å². The van der Waals surface area contributed by atoms with E-state index in [0.29, 0.717) is 11.3 Å². The summed E-state index contributed by atoms with van der Waals surface area (Å²) in [5.41, 5.74) is 1.33. The molecule has 0 aliphatic carbocycles. The number of nitrogens with one attached hydrogen (secondary N) is 2. The monoisotopic (exact) mass is 411 g/mol. The lowest BCUT2D eigenvalue weighted by Gasteiger charge is -2.10. The summed E-state index contributed by atoms with van der Waals surface area (Å²) in [6.07, 6.45) is 6.15. The Kier molecular flexibility index (Phi) is 5.60. The molecule has 7 heteroatoms. The van der Waals surface area contributed by atoms with Gasteiger partial charge in [0, 0.05) is 22.6 Å². The van der Waals surface area contributed by atoms with Crippen molar-refractivity contribution < 1.29 is 14.0 Å². The number of carbonyl (C=O) groups is 2. The van der Waals surface area contributed by atoms with Crippen LogP contribution in [0, 0.1) is 0 Å². The molecule has 6 nitrogen and oxygen atoms in total. The molecule has 1 aromatic carbocycles. The van der Waals surface area contributed by atoms with Crippen LogP contribution < -0.4 is 10.6 Å². The highest BCUT2D eigenvalue weighted by atomic mass is 79.9. The van der Waals surface area contributed by atoms with Crippen molar-refractivity contribution in [2.45, 2.75) is 0 Å². The Morgan fingerprint density at radius 1 is 1.12 bits per heavy atom. The number of hydrogen-bond donors (Lipinski definition) is 2. The minimum absolute atomic E-state index is 0.0689. The first-order chi connectivity index (χ1) is 12.6. The molecule has 0 saturated carbocycles. The average Bonchev–Trinajstić information content (AvgIpc) is 3.17. The van der Waals surface area contributed by atoms with Crippen LogP contribution in [0.2, 0.25) is 0 Å². The van der Waals surface area contributed by atoms with Crippen molar-refractivity contribution in [1.82, 2.24) is 10.3 Å².